The molecule has 25 heavy (non-hydrogen) atoms. The van der Waals surface area contributed by atoms with E-state index >= 15 is 0 Å². The van der Waals surface area contributed by atoms with E-state index in [1.807, 2.05) is 13.8 Å². The molecule has 0 aromatic rings. The second-order valence-corrected chi connectivity index (χ2v) is 8.88. The number of rotatable bonds is 1. The van der Waals surface area contributed by atoms with Crippen LogP contribution < -0.4 is 0 Å². The van der Waals surface area contributed by atoms with Gasteiger partial charge in [0.1, 0.15) is 29.5 Å². The first-order chi connectivity index (χ1) is 11.7. The van der Waals surface area contributed by atoms with Gasteiger partial charge in [-0.1, -0.05) is 20.8 Å². The number of cyclic esters (lactones) is 1. The highest BCUT2D eigenvalue weighted by Crippen LogP contribution is 2.72. The van der Waals surface area contributed by atoms with Crippen LogP contribution in [0.1, 0.15) is 40.5 Å². The first-order valence-corrected chi connectivity index (χ1v) is 9.03. The lowest BCUT2D eigenvalue weighted by Crippen LogP contribution is -2.62. The van der Waals surface area contributed by atoms with E-state index in [2.05, 4.69) is 6.92 Å². The van der Waals surface area contributed by atoms with Crippen LogP contribution >= 0.6 is 0 Å². The summed E-state index contributed by atoms with van der Waals surface area (Å²) >= 11 is 0. The fourth-order valence-corrected chi connectivity index (χ4v) is 6.19. The Morgan fingerprint density at radius 1 is 1.16 bits per heavy atom. The average Bonchev–Trinajstić information content (AvgIpc) is 3.20. The molecule has 0 aromatic heterocycles. The van der Waals surface area contributed by atoms with Gasteiger partial charge in [-0.15, -0.1) is 0 Å². The lowest BCUT2D eigenvalue weighted by molar-refractivity contribution is -0.155. The largest absolute Gasteiger partial charge is 0.458 e. The summed E-state index contributed by atoms with van der Waals surface area (Å²) in [6.45, 7) is 7.76. The van der Waals surface area contributed by atoms with Gasteiger partial charge in [0.15, 0.2) is 5.60 Å². The zero-order chi connectivity index (χ0) is 17.9. The molecule has 2 saturated carbocycles. The number of esters is 2. The second-order valence-electron chi connectivity index (χ2n) is 8.88. The summed E-state index contributed by atoms with van der Waals surface area (Å²) in [5.74, 6) is -1.09. The van der Waals surface area contributed by atoms with Crippen molar-refractivity contribution in [2.45, 2.75) is 64.4 Å². The molecule has 0 aromatic carbocycles. The minimum absolute atomic E-state index is 0.0602. The van der Waals surface area contributed by atoms with Crippen molar-refractivity contribution in [3.63, 3.8) is 0 Å². The Labute approximate surface area is 145 Å². The third-order valence-electron chi connectivity index (χ3n) is 7.31. The van der Waals surface area contributed by atoms with E-state index in [-0.39, 0.29) is 29.7 Å². The maximum Gasteiger partial charge on any atom is 0.331 e. The summed E-state index contributed by atoms with van der Waals surface area (Å²) in [7, 11) is 0. The number of hydrogen-bond acceptors (Lipinski definition) is 6. The summed E-state index contributed by atoms with van der Waals surface area (Å²) in [5.41, 5.74) is -1.44. The fraction of sp³-hybridized carbons (Fsp3) is 0.737. The molecule has 6 heteroatoms. The van der Waals surface area contributed by atoms with Crippen molar-refractivity contribution < 1.29 is 28.6 Å². The molecule has 5 rings (SSSR count). The maximum absolute atomic E-state index is 12.7. The van der Waals surface area contributed by atoms with E-state index in [1.54, 1.807) is 13.0 Å². The van der Waals surface area contributed by atoms with Gasteiger partial charge in [0.05, 0.1) is 0 Å². The molecule has 134 valence electrons. The molecule has 1 unspecified atom stereocenters. The quantitative estimate of drug-likeness (QED) is 0.407. The lowest BCUT2D eigenvalue weighted by Gasteiger charge is -2.53. The van der Waals surface area contributed by atoms with Gasteiger partial charge >= 0.3 is 11.9 Å². The first kappa shape index (κ1) is 15.6. The number of fused-ring (bicyclic) bond motifs is 2. The first-order valence-electron chi connectivity index (χ1n) is 9.03. The van der Waals surface area contributed by atoms with Crippen molar-refractivity contribution in [3.8, 4) is 0 Å². The van der Waals surface area contributed by atoms with Crippen molar-refractivity contribution in [3.05, 3.63) is 11.6 Å². The van der Waals surface area contributed by atoms with Crippen LogP contribution in [0.4, 0.5) is 0 Å². The highest BCUT2D eigenvalue weighted by molar-refractivity contribution is 6.06. The third-order valence-corrected chi connectivity index (χ3v) is 7.31. The topological polar surface area (TPSA) is 82.2 Å². The molecule has 6 nitrogen and oxygen atoms in total. The summed E-state index contributed by atoms with van der Waals surface area (Å²) in [6.07, 6.45) is 1.27. The van der Waals surface area contributed by atoms with Crippen molar-refractivity contribution in [2.24, 2.45) is 22.7 Å². The smallest absolute Gasteiger partial charge is 0.331 e. The summed E-state index contributed by atoms with van der Waals surface area (Å²) in [5, 5.41) is 0. The highest BCUT2D eigenvalue weighted by Gasteiger charge is 2.84. The van der Waals surface area contributed by atoms with Gasteiger partial charge < -0.3 is 14.2 Å². The highest BCUT2D eigenvalue weighted by atomic mass is 16.7. The number of ether oxygens (including phenoxy) is 3. The summed E-state index contributed by atoms with van der Waals surface area (Å²) in [6, 6.07) is 0. The molecule has 0 N–H and O–H groups in total. The standard InChI is InChI=1S/C19H22O6/c1-8(2)14-19-9(7-11(21)23-14)17(3)6-5-10(20)18(4)13(17)12(15(19)25-19)24-16(18)22/h7-8,12-15H,5-6H2,1-4H3/t12-,13?,14+,15+,17+,18-,19+/m0/s1. The van der Waals surface area contributed by atoms with Crippen molar-refractivity contribution in [1.82, 2.24) is 0 Å². The number of hydrogen-bond donors (Lipinski definition) is 0. The molecule has 0 radical (unpaired) electrons. The predicted molar refractivity (Wildman–Crippen MR) is 84.2 cm³/mol. The van der Waals surface area contributed by atoms with Crippen LogP contribution in [0.2, 0.25) is 0 Å². The van der Waals surface area contributed by atoms with Crippen LogP contribution in [0.3, 0.4) is 0 Å². The van der Waals surface area contributed by atoms with E-state index in [1.165, 1.54) is 0 Å². The molecule has 1 spiro atoms. The molecule has 3 aliphatic heterocycles. The van der Waals surface area contributed by atoms with Gasteiger partial charge in [-0.25, -0.2) is 4.79 Å². The second kappa shape index (κ2) is 4.17. The lowest BCUT2D eigenvalue weighted by atomic mass is 9.47. The number of Topliss-reactive ketones (excluding diaryl/α,β-unsaturated/α-hetero) is 1. The Hall–Kier alpha value is -1.69. The zero-order valence-corrected chi connectivity index (χ0v) is 14.8. The van der Waals surface area contributed by atoms with E-state index in [9.17, 15) is 14.4 Å². The van der Waals surface area contributed by atoms with Crippen LogP contribution in [0.5, 0.6) is 0 Å². The van der Waals surface area contributed by atoms with E-state index in [0.717, 1.165) is 5.57 Å². The van der Waals surface area contributed by atoms with Gasteiger partial charge in [0, 0.05) is 23.8 Å². The molecule has 7 atom stereocenters. The Kier molecular flexibility index (Phi) is 2.59. The van der Waals surface area contributed by atoms with Crippen molar-refractivity contribution >= 4 is 17.7 Å². The van der Waals surface area contributed by atoms with Gasteiger partial charge in [-0.2, -0.15) is 0 Å². The summed E-state index contributed by atoms with van der Waals surface area (Å²) in [4.78, 5) is 37.6. The molecule has 0 amide bonds. The van der Waals surface area contributed by atoms with Gasteiger partial charge in [-0.3, -0.25) is 9.59 Å². The number of carbonyl (C=O) groups is 3. The average molecular weight is 346 g/mol. The van der Waals surface area contributed by atoms with Crippen molar-refractivity contribution in [1.29, 1.82) is 0 Å². The van der Waals surface area contributed by atoms with E-state index < -0.39 is 34.6 Å². The summed E-state index contributed by atoms with van der Waals surface area (Å²) < 4.78 is 17.5. The molecule has 2 saturated heterocycles. The SMILES string of the molecule is CC(C)[C@H]1OC(=O)C=C2[C@@]13O[C@@H]3[C@H]1OC(=O)[C@@]3(C)C(=O)CC[C@@]2(C)C13. The number of epoxide rings is 1. The Balaban J connectivity index is 1.73. The van der Waals surface area contributed by atoms with Gasteiger partial charge in [-0.05, 0) is 24.8 Å². The third kappa shape index (κ3) is 1.46. The molecule has 3 heterocycles. The Morgan fingerprint density at radius 3 is 2.56 bits per heavy atom. The van der Waals surface area contributed by atoms with Crippen LogP contribution in [0.15, 0.2) is 11.6 Å². The molecule has 4 fully saturated rings. The van der Waals surface area contributed by atoms with Crippen molar-refractivity contribution in [2.75, 3.05) is 0 Å². The molecule has 2 aliphatic carbocycles. The molecule has 0 bridgehead atoms. The molecule has 5 aliphatic rings. The fourth-order valence-electron chi connectivity index (χ4n) is 6.19. The molecular weight excluding hydrogens is 324 g/mol. The normalized spacial score (nSPS) is 52.7. The maximum atomic E-state index is 12.7. The van der Waals surface area contributed by atoms with E-state index in [0.29, 0.717) is 12.8 Å². The zero-order valence-electron chi connectivity index (χ0n) is 14.8. The Bertz CT molecular complexity index is 768. The van der Waals surface area contributed by atoms with E-state index in [4.69, 9.17) is 14.2 Å². The van der Waals surface area contributed by atoms with Crippen LogP contribution in [0, 0.1) is 22.7 Å². The van der Waals surface area contributed by atoms with Gasteiger partial charge in [0.2, 0.25) is 0 Å². The number of ketones is 1. The minimum Gasteiger partial charge on any atom is -0.458 e. The minimum atomic E-state index is -1.15. The van der Waals surface area contributed by atoms with Crippen LogP contribution in [-0.2, 0) is 28.6 Å². The monoisotopic (exact) mass is 346 g/mol. The predicted octanol–water partition coefficient (Wildman–Crippen LogP) is 1.56. The van der Waals surface area contributed by atoms with Crippen LogP contribution in [0.25, 0.3) is 0 Å². The molecular formula is C19H22O6. The Morgan fingerprint density at radius 2 is 1.88 bits per heavy atom. The van der Waals surface area contributed by atoms with Gasteiger partial charge in [0.25, 0.3) is 0 Å². The number of carbonyl (C=O) groups excluding carboxylic acids is 3. The van der Waals surface area contributed by atoms with Crippen LogP contribution in [-0.4, -0.2) is 41.6 Å².